The van der Waals surface area contributed by atoms with Crippen molar-refractivity contribution < 1.29 is 18.1 Å². The van der Waals surface area contributed by atoms with Crippen LogP contribution in [-0.4, -0.2) is 18.1 Å². The molecule has 0 spiro atoms. The summed E-state index contributed by atoms with van der Waals surface area (Å²) in [6.07, 6.45) is 0. The summed E-state index contributed by atoms with van der Waals surface area (Å²) in [4.78, 5) is -0.450. The Morgan fingerprint density at radius 3 is 1.88 bits per heavy atom. The molecule has 0 aliphatic rings. The second-order valence-corrected chi connectivity index (χ2v) is 8.98. The summed E-state index contributed by atoms with van der Waals surface area (Å²) in [5.41, 5.74) is 1.16. The van der Waals surface area contributed by atoms with E-state index in [9.17, 15) is 18.1 Å². The first-order valence-corrected chi connectivity index (χ1v) is 9.20. The van der Waals surface area contributed by atoms with Crippen LogP contribution in [0.4, 0.5) is 0 Å². The van der Waals surface area contributed by atoms with E-state index in [1.54, 1.807) is 0 Å². The lowest BCUT2D eigenvalue weighted by atomic mass is 9.75. The van der Waals surface area contributed by atoms with Gasteiger partial charge in [-0.25, -0.2) is 0 Å². The monoisotopic (exact) mass is 348 g/mol. The van der Waals surface area contributed by atoms with Gasteiger partial charge >= 0.3 is 0 Å². The fraction of sp³-hybridized carbons (Fsp3) is 0.368. The molecule has 0 unspecified atom stereocenters. The molecule has 2 aromatic carbocycles. The number of hydrogen-bond donors (Lipinski definition) is 2. The Bertz CT molecular complexity index is 845. The lowest BCUT2D eigenvalue weighted by molar-refractivity contribution is 0.425. The molecular weight excluding hydrogens is 324 g/mol. The van der Waals surface area contributed by atoms with E-state index in [0.29, 0.717) is 5.56 Å². The van der Waals surface area contributed by atoms with Crippen LogP contribution in [0.2, 0.25) is 0 Å². The molecule has 0 saturated heterocycles. The molecule has 0 fully saturated rings. The fourth-order valence-electron chi connectivity index (χ4n) is 2.72. The van der Waals surface area contributed by atoms with Gasteiger partial charge in [-0.15, -0.1) is 0 Å². The second kappa shape index (κ2) is 5.90. The molecule has 0 radical (unpaired) electrons. The molecule has 0 saturated carbocycles. The maximum atomic E-state index is 11.7. The number of rotatable bonds is 3. The maximum Gasteiger partial charge on any atom is 0.298 e. The highest BCUT2D eigenvalue weighted by atomic mass is 32.2. The van der Waals surface area contributed by atoms with Crippen molar-refractivity contribution in [2.45, 2.75) is 50.3 Å². The highest BCUT2D eigenvalue weighted by molar-refractivity contribution is 7.86. The van der Waals surface area contributed by atoms with Crippen molar-refractivity contribution in [3.8, 4) is 5.75 Å². The van der Waals surface area contributed by atoms with Crippen molar-refractivity contribution in [3.63, 3.8) is 0 Å². The largest absolute Gasteiger partial charge is 0.506 e. The van der Waals surface area contributed by atoms with Gasteiger partial charge < -0.3 is 5.11 Å². The minimum absolute atomic E-state index is 0.339. The van der Waals surface area contributed by atoms with Crippen molar-refractivity contribution in [1.29, 1.82) is 0 Å². The molecule has 0 aliphatic heterocycles. The van der Waals surface area contributed by atoms with Gasteiger partial charge in [-0.2, -0.15) is 8.42 Å². The number of aromatic hydroxyl groups is 1. The number of phenols is 1. The van der Waals surface area contributed by atoms with Crippen LogP contribution in [-0.2, 0) is 20.9 Å². The summed E-state index contributed by atoms with van der Waals surface area (Å²) in [5, 5.41) is 10.6. The predicted molar refractivity (Wildman–Crippen MR) is 95.2 cm³/mol. The van der Waals surface area contributed by atoms with Gasteiger partial charge in [0.05, 0.1) is 0 Å². The van der Waals surface area contributed by atoms with Gasteiger partial charge in [0.2, 0.25) is 0 Å². The van der Waals surface area contributed by atoms with E-state index in [1.807, 2.05) is 71.0 Å². The van der Waals surface area contributed by atoms with E-state index < -0.39 is 26.2 Å². The smallest absolute Gasteiger partial charge is 0.298 e. The van der Waals surface area contributed by atoms with Crippen molar-refractivity contribution in [2.75, 3.05) is 0 Å². The predicted octanol–water partition coefficient (Wildman–Crippen LogP) is 4.26. The normalized spacial score (nSPS) is 13.1. The Balaban J connectivity index is 2.83. The van der Waals surface area contributed by atoms with Crippen LogP contribution < -0.4 is 0 Å². The Labute approximate surface area is 143 Å². The zero-order valence-electron chi connectivity index (χ0n) is 14.7. The van der Waals surface area contributed by atoms with Gasteiger partial charge in [0.1, 0.15) is 10.6 Å². The quantitative estimate of drug-likeness (QED) is 0.813. The Morgan fingerprint density at radius 1 is 0.875 bits per heavy atom. The molecule has 2 rings (SSSR count). The Morgan fingerprint density at radius 2 is 1.42 bits per heavy atom. The van der Waals surface area contributed by atoms with E-state index in [-0.39, 0.29) is 5.41 Å². The fourth-order valence-corrected chi connectivity index (χ4v) is 3.35. The van der Waals surface area contributed by atoms with Gasteiger partial charge in [0, 0.05) is 11.0 Å². The molecular formula is C19H24O4S. The van der Waals surface area contributed by atoms with Gasteiger partial charge in [0.15, 0.2) is 0 Å². The molecule has 0 atom stereocenters. The minimum atomic E-state index is -4.53. The topological polar surface area (TPSA) is 74.6 Å². The highest BCUT2D eigenvalue weighted by Crippen LogP contribution is 2.42. The first-order chi connectivity index (χ1) is 10.8. The summed E-state index contributed by atoms with van der Waals surface area (Å²) in [5.74, 6) is -0.403. The van der Waals surface area contributed by atoms with Gasteiger partial charge in [-0.05, 0) is 22.6 Å². The third kappa shape index (κ3) is 3.47. The van der Waals surface area contributed by atoms with Crippen molar-refractivity contribution in [1.82, 2.24) is 0 Å². The van der Waals surface area contributed by atoms with Crippen LogP contribution in [0.1, 0.15) is 51.3 Å². The van der Waals surface area contributed by atoms with Crippen LogP contribution in [0.3, 0.4) is 0 Å². The lowest BCUT2D eigenvalue weighted by Crippen LogP contribution is -2.22. The molecule has 0 amide bonds. The molecule has 0 aliphatic carbocycles. The summed E-state index contributed by atoms with van der Waals surface area (Å²) >= 11 is 0. The molecule has 0 aromatic heterocycles. The number of phenolic OH excluding ortho intramolecular Hbond substituents is 1. The summed E-state index contributed by atoms with van der Waals surface area (Å²) in [6.45, 7) is 9.68. The van der Waals surface area contributed by atoms with E-state index >= 15 is 0 Å². The average Bonchev–Trinajstić information content (AvgIpc) is 2.45. The van der Waals surface area contributed by atoms with Crippen LogP contribution in [0.25, 0.3) is 0 Å². The van der Waals surface area contributed by atoms with Crippen LogP contribution in [0.15, 0.2) is 47.4 Å². The number of benzene rings is 2. The van der Waals surface area contributed by atoms with Crippen LogP contribution in [0, 0.1) is 0 Å². The maximum absolute atomic E-state index is 11.7. The molecule has 0 bridgehead atoms. The minimum Gasteiger partial charge on any atom is -0.506 e. The van der Waals surface area contributed by atoms with Gasteiger partial charge in [-0.3, -0.25) is 4.55 Å². The van der Waals surface area contributed by atoms with E-state index in [2.05, 4.69) is 0 Å². The molecule has 2 aromatic rings. The standard InChI is InChI=1S/C19H24O4S/c1-18(2,3)14-11-15(17(20)16(12-14)24(21,22)23)19(4,5)13-9-7-6-8-10-13/h6-12,20H,1-5H3,(H,21,22,23). The zero-order valence-corrected chi connectivity index (χ0v) is 15.5. The Hall–Kier alpha value is -1.85. The van der Waals surface area contributed by atoms with E-state index in [0.717, 1.165) is 11.1 Å². The third-order valence-electron chi connectivity index (χ3n) is 4.39. The lowest BCUT2D eigenvalue weighted by Gasteiger charge is -2.30. The summed E-state index contributed by atoms with van der Waals surface area (Å²) in [7, 11) is -4.53. The summed E-state index contributed by atoms with van der Waals surface area (Å²) < 4.78 is 33.0. The van der Waals surface area contributed by atoms with E-state index in [1.165, 1.54) is 6.07 Å². The van der Waals surface area contributed by atoms with E-state index in [4.69, 9.17) is 0 Å². The summed E-state index contributed by atoms with van der Waals surface area (Å²) in [6, 6.07) is 12.7. The molecule has 0 heterocycles. The second-order valence-electron chi connectivity index (χ2n) is 7.59. The van der Waals surface area contributed by atoms with Gasteiger partial charge in [-0.1, -0.05) is 71.0 Å². The average molecular weight is 348 g/mol. The van der Waals surface area contributed by atoms with Crippen LogP contribution in [0.5, 0.6) is 5.75 Å². The molecule has 2 N–H and O–H groups in total. The molecule has 24 heavy (non-hydrogen) atoms. The first kappa shape index (κ1) is 18.5. The van der Waals surface area contributed by atoms with Crippen molar-refractivity contribution in [3.05, 3.63) is 59.2 Å². The Kier molecular flexibility index (Phi) is 4.55. The van der Waals surface area contributed by atoms with Crippen LogP contribution >= 0.6 is 0 Å². The first-order valence-electron chi connectivity index (χ1n) is 7.76. The zero-order chi connectivity index (χ0) is 18.3. The third-order valence-corrected chi connectivity index (χ3v) is 5.25. The SMILES string of the molecule is CC(C)(C)c1cc(C(C)(C)c2ccccc2)c(O)c(S(=O)(=O)O)c1. The van der Waals surface area contributed by atoms with Gasteiger partial charge in [0.25, 0.3) is 10.1 Å². The number of hydrogen-bond acceptors (Lipinski definition) is 3. The van der Waals surface area contributed by atoms with Crippen molar-refractivity contribution >= 4 is 10.1 Å². The van der Waals surface area contributed by atoms with Crippen molar-refractivity contribution in [2.24, 2.45) is 0 Å². The highest BCUT2D eigenvalue weighted by Gasteiger charge is 2.32. The molecule has 130 valence electrons. The molecule has 5 heteroatoms. The molecule has 4 nitrogen and oxygen atoms in total.